The molecule has 0 unspecified atom stereocenters. The molecule has 0 saturated heterocycles. The molecule has 5 heteroatoms. The van der Waals surface area contributed by atoms with E-state index >= 15 is 0 Å². The topological polar surface area (TPSA) is 26.3 Å². The lowest BCUT2D eigenvalue weighted by molar-refractivity contribution is -0.140. The van der Waals surface area contributed by atoms with E-state index in [1.54, 1.807) is 0 Å². The van der Waals surface area contributed by atoms with Crippen LogP contribution in [0.15, 0.2) is 11.7 Å². The summed E-state index contributed by atoms with van der Waals surface area (Å²) < 4.78 is 29.3. The van der Waals surface area contributed by atoms with Gasteiger partial charge in [-0.1, -0.05) is 19.6 Å². The van der Waals surface area contributed by atoms with E-state index in [-0.39, 0.29) is 12.2 Å². The van der Waals surface area contributed by atoms with Crippen molar-refractivity contribution in [3.05, 3.63) is 11.7 Å². The van der Waals surface area contributed by atoms with E-state index in [2.05, 4.69) is 4.74 Å². The monoisotopic (exact) mass is 222 g/mol. The van der Waals surface area contributed by atoms with Crippen molar-refractivity contribution >= 4 is 14.0 Å². The van der Waals surface area contributed by atoms with Gasteiger partial charge in [0.25, 0.3) is 6.08 Å². The summed E-state index contributed by atoms with van der Waals surface area (Å²) in [5, 5.41) is 0. The highest BCUT2D eigenvalue weighted by molar-refractivity contribution is 6.76. The van der Waals surface area contributed by atoms with Crippen LogP contribution < -0.4 is 0 Å². The van der Waals surface area contributed by atoms with Gasteiger partial charge in [0.15, 0.2) is 0 Å². The second-order valence-corrected chi connectivity index (χ2v) is 9.86. The minimum absolute atomic E-state index is 0.0423. The normalized spacial score (nSPS) is 11.0. The van der Waals surface area contributed by atoms with Gasteiger partial charge in [-0.25, -0.2) is 0 Å². The van der Waals surface area contributed by atoms with Crippen molar-refractivity contribution in [1.29, 1.82) is 0 Å². The maximum atomic E-state index is 12.4. The van der Waals surface area contributed by atoms with E-state index in [9.17, 15) is 13.6 Å². The second kappa shape index (κ2) is 5.24. The van der Waals surface area contributed by atoms with Gasteiger partial charge in [-0.05, 0) is 6.04 Å². The molecule has 82 valence electrons. The molecule has 2 nitrogen and oxygen atoms in total. The van der Waals surface area contributed by atoms with E-state index < -0.39 is 20.1 Å². The summed E-state index contributed by atoms with van der Waals surface area (Å²) >= 11 is 0. The molecule has 0 fully saturated rings. The third kappa shape index (κ3) is 6.77. The number of carbonyl (C=O) groups is 1. The summed E-state index contributed by atoms with van der Waals surface area (Å²) in [5.41, 5.74) is -0.0423. The van der Waals surface area contributed by atoms with Crippen molar-refractivity contribution in [3.8, 4) is 0 Å². The van der Waals surface area contributed by atoms with Gasteiger partial charge in [-0.3, -0.25) is 4.79 Å². The zero-order valence-electron chi connectivity index (χ0n) is 8.99. The summed E-state index contributed by atoms with van der Waals surface area (Å²) in [6.07, 6.45) is -1.71. The third-order valence-electron chi connectivity index (χ3n) is 1.46. The van der Waals surface area contributed by atoms with Crippen molar-refractivity contribution in [2.24, 2.45) is 0 Å². The Morgan fingerprint density at radius 1 is 1.29 bits per heavy atom. The smallest absolute Gasteiger partial charge is 0.302 e. The van der Waals surface area contributed by atoms with Gasteiger partial charge in [0.1, 0.15) is 6.61 Å². The molecule has 0 spiro atoms. The zero-order chi connectivity index (χ0) is 11.4. The van der Waals surface area contributed by atoms with Crippen molar-refractivity contribution in [1.82, 2.24) is 0 Å². The molecule has 0 heterocycles. The Hall–Kier alpha value is -0.713. The van der Waals surface area contributed by atoms with Gasteiger partial charge in [0.2, 0.25) is 0 Å². The van der Waals surface area contributed by atoms with E-state index in [1.807, 2.05) is 19.6 Å². The molecular weight excluding hydrogens is 206 g/mol. The van der Waals surface area contributed by atoms with Crippen LogP contribution in [0.2, 0.25) is 25.7 Å². The molecule has 0 aromatic rings. The Kier molecular flexibility index (Phi) is 4.97. The molecule has 0 aliphatic carbocycles. The van der Waals surface area contributed by atoms with Gasteiger partial charge in [-0.2, -0.15) is 8.78 Å². The lowest BCUT2D eigenvalue weighted by Gasteiger charge is -2.17. The van der Waals surface area contributed by atoms with Crippen LogP contribution in [0.1, 0.15) is 6.92 Å². The third-order valence-corrected chi connectivity index (χ3v) is 2.95. The standard InChI is InChI=1S/C9H16F2O2Si/c1-7(12)13-5-8(9(10)11)6-14(2,3)4/h5-6H2,1-4H3. The number of ether oxygens (including phenoxy) is 1. The maximum absolute atomic E-state index is 12.4. The SMILES string of the molecule is CC(=O)OCC(C[Si](C)(C)C)=C(F)F. The highest BCUT2D eigenvalue weighted by Crippen LogP contribution is 2.21. The molecule has 0 aliphatic rings. The highest BCUT2D eigenvalue weighted by atomic mass is 28.3. The fourth-order valence-electron chi connectivity index (χ4n) is 1.00. The van der Waals surface area contributed by atoms with E-state index in [1.165, 1.54) is 6.92 Å². The highest BCUT2D eigenvalue weighted by Gasteiger charge is 2.19. The van der Waals surface area contributed by atoms with Crippen molar-refractivity contribution in [2.75, 3.05) is 6.61 Å². The molecule has 0 aromatic carbocycles. The summed E-state index contributed by atoms with van der Waals surface area (Å²) in [6.45, 7) is 6.90. The fraction of sp³-hybridized carbons (Fsp3) is 0.667. The predicted molar refractivity (Wildman–Crippen MR) is 54.0 cm³/mol. The maximum Gasteiger partial charge on any atom is 0.302 e. The number of hydrogen-bond donors (Lipinski definition) is 0. The van der Waals surface area contributed by atoms with Crippen LogP contribution >= 0.6 is 0 Å². The molecule has 0 radical (unpaired) electrons. The van der Waals surface area contributed by atoms with Gasteiger partial charge >= 0.3 is 5.97 Å². The molecule has 0 amide bonds. The largest absolute Gasteiger partial charge is 0.461 e. The van der Waals surface area contributed by atoms with E-state index in [0.717, 1.165) is 0 Å². The van der Waals surface area contributed by atoms with Crippen LogP contribution in [0.3, 0.4) is 0 Å². The molecular formula is C9H16F2O2Si. The van der Waals surface area contributed by atoms with Crippen LogP contribution in [-0.2, 0) is 9.53 Å². The van der Waals surface area contributed by atoms with Gasteiger partial charge < -0.3 is 4.74 Å². The minimum atomic E-state index is -1.71. The molecule has 0 bridgehead atoms. The first-order valence-corrected chi connectivity index (χ1v) is 8.09. The van der Waals surface area contributed by atoms with Gasteiger partial charge in [0.05, 0.1) is 0 Å². The van der Waals surface area contributed by atoms with Gasteiger partial charge in [-0.15, -0.1) is 0 Å². The Morgan fingerprint density at radius 2 is 1.79 bits per heavy atom. The molecule has 0 saturated carbocycles. The Balaban J connectivity index is 4.35. The number of rotatable bonds is 4. The molecule has 0 N–H and O–H groups in total. The van der Waals surface area contributed by atoms with Crippen LogP contribution in [-0.4, -0.2) is 20.7 Å². The van der Waals surface area contributed by atoms with Crippen LogP contribution in [0.25, 0.3) is 0 Å². The molecule has 0 aromatic heterocycles. The average Bonchev–Trinajstić information content (AvgIpc) is 1.94. The first kappa shape index (κ1) is 13.3. The Morgan fingerprint density at radius 3 is 2.07 bits per heavy atom. The molecule has 0 aliphatic heterocycles. The lowest BCUT2D eigenvalue weighted by atomic mass is 10.3. The first-order valence-electron chi connectivity index (χ1n) is 4.39. The second-order valence-electron chi connectivity index (χ2n) is 4.38. The molecule has 0 atom stereocenters. The lowest BCUT2D eigenvalue weighted by Crippen LogP contribution is -2.22. The summed E-state index contributed by atoms with van der Waals surface area (Å²) in [6, 6.07) is 0.364. The number of carbonyl (C=O) groups excluding carboxylic acids is 1. The van der Waals surface area contributed by atoms with Crippen LogP contribution in [0.5, 0.6) is 0 Å². The average molecular weight is 222 g/mol. The van der Waals surface area contributed by atoms with E-state index in [0.29, 0.717) is 6.04 Å². The zero-order valence-corrected chi connectivity index (χ0v) is 9.99. The van der Waals surface area contributed by atoms with Crippen molar-refractivity contribution in [3.63, 3.8) is 0 Å². The number of halogens is 2. The fourth-order valence-corrected chi connectivity index (χ4v) is 2.52. The van der Waals surface area contributed by atoms with E-state index in [4.69, 9.17) is 0 Å². The Labute approximate surface area is 84.0 Å². The Bertz CT molecular complexity index is 240. The molecule has 0 rings (SSSR count). The molecule has 14 heavy (non-hydrogen) atoms. The van der Waals surface area contributed by atoms with Crippen LogP contribution in [0.4, 0.5) is 8.78 Å². The predicted octanol–water partition coefficient (Wildman–Crippen LogP) is 3.04. The quantitative estimate of drug-likeness (QED) is 0.540. The van der Waals surface area contributed by atoms with Crippen molar-refractivity contribution in [2.45, 2.75) is 32.6 Å². The first-order chi connectivity index (χ1) is 6.22. The van der Waals surface area contributed by atoms with Gasteiger partial charge in [0, 0.05) is 20.6 Å². The summed E-state index contributed by atoms with van der Waals surface area (Å²) in [7, 11) is -1.58. The summed E-state index contributed by atoms with van der Waals surface area (Å²) in [4.78, 5) is 10.5. The number of esters is 1. The minimum Gasteiger partial charge on any atom is -0.461 e. The van der Waals surface area contributed by atoms with Crippen molar-refractivity contribution < 1.29 is 18.3 Å². The van der Waals surface area contributed by atoms with Crippen LogP contribution in [0, 0.1) is 0 Å². The summed E-state index contributed by atoms with van der Waals surface area (Å²) in [5.74, 6) is -0.528. The number of hydrogen-bond acceptors (Lipinski definition) is 2.